The number of pyridine rings is 1. The van der Waals surface area contributed by atoms with Gasteiger partial charge in [-0.2, -0.15) is 0 Å². The SMILES string of the molecule is C=C(C)CN(C)CC(C)C.O=Cc1cc(Cl)cnc1Cl. The van der Waals surface area contributed by atoms with Crippen LogP contribution < -0.4 is 0 Å². The standard InChI is InChI=1S/C9H19N.C6H3Cl2NO/c1-8(2)6-10(5)7-9(3)4;7-5-1-4(3-10)6(8)9-2-5/h9H,1,6-7H2,2-5H3;1-3H. The molecule has 0 N–H and O–H groups in total. The van der Waals surface area contributed by atoms with Crippen molar-refractivity contribution in [3.8, 4) is 0 Å². The van der Waals surface area contributed by atoms with Crippen LogP contribution in [0.5, 0.6) is 0 Å². The van der Waals surface area contributed by atoms with Crippen LogP contribution in [0.2, 0.25) is 10.2 Å². The van der Waals surface area contributed by atoms with E-state index in [4.69, 9.17) is 23.2 Å². The van der Waals surface area contributed by atoms with Crippen LogP contribution in [0.4, 0.5) is 0 Å². The summed E-state index contributed by atoms with van der Waals surface area (Å²) in [5, 5.41) is 0.589. The predicted octanol–water partition coefficient (Wildman–Crippen LogP) is 4.35. The summed E-state index contributed by atoms with van der Waals surface area (Å²) >= 11 is 11.0. The molecular formula is C15H22Cl2N2O. The van der Waals surface area contributed by atoms with Crippen molar-refractivity contribution in [2.75, 3.05) is 20.1 Å². The zero-order valence-electron chi connectivity index (χ0n) is 12.5. The molecule has 0 saturated carbocycles. The molecule has 0 atom stereocenters. The van der Waals surface area contributed by atoms with Crippen LogP contribution in [0.3, 0.4) is 0 Å². The molecule has 1 aromatic heterocycles. The highest BCUT2D eigenvalue weighted by atomic mass is 35.5. The Bertz CT molecular complexity index is 447. The maximum atomic E-state index is 10.2. The zero-order chi connectivity index (χ0) is 15.7. The average molecular weight is 317 g/mol. The highest BCUT2D eigenvalue weighted by Crippen LogP contribution is 2.14. The van der Waals surface area contributed by atoms with Gasteiger partial charge in [-0.05, 0) is 26.0 Å². The molecule has 0 fully saturated rings. The summed E-state index contributed by atoms with van der Waals surface area (Å²) in [7, 11) is 2.13. The molecule has 0 spiro atoms. The molecule has 1 rings (SSSR count). The van der Waals surface area contributed by atoms with E-state index in [-0.39, 0.29) is 5.15 Å². The third-order valence-corrected chi connectivity index (χ3v) is 2.70. The van der Waals surface area contributed by atoms with Crippen molar-refractivity contribution in [1.82, 2.24) is 9.88 Å². The molecule has 112 valence electrons. The lowest BCUT2D eigenvalue weighted by Crippen LogP contribution is -2.24. The fourth-order valence-corrected chi connectivity index (χ4v) is 1.98. The predicted molar refractivity (Wildman–Crippen MR) is 86.8 cm³/mol. The van der Waals surface area contributed by atoms with Gasteiger partial charge in [-0.3, -0.25) is 4.79 Å². The van der Waals surface area contributed by atoms with Crippen LogP contribution in [0, 0.1) is 5.92 Å². The van der Waals surface area contributed by atoms with Crippen LogP contribution >= 0.6 is 23.2 Å². The maximum Gasteiger partial charge on any atom is 0.153 e. The first-order valence-electron chi connectivity index (χ1n) is 6.35. The van der Waals surface area contributed by atoms with Gasteiger partial charge in [0.1, 0.15) is 5.15 Å². The first kappa shape index (κ1) is 19.1. The largest absolute Gasteiger partial charge is 0.302 e. The van der Waals surface area contributed by atoms with Crippen LogP contribution in [0.1, 0.15) is 31.1 Å². The van der Waals surface area contributed by atoms with E-state index in [1.807, 2.05) is 0 Å². The van der Waals surface area contributed by atoms with Crippen molar-refractivity contribution in [3.05, 3.63) is 40.2 Å². The van der Waals surface area contributed by atoms with Gasteiger partial charge >= 0.3 is 0 Å². The second-order valence-corrected chi connectivity index (χ2v) is 5.99. The monoisotopic (exact) mass is 316 g/mol. The Morgan fingerprint density at radius 2 is 2.10 bits per heavy atom. The van der Waals surface area contributed by atoms with E-state index in [0.29, 0.717) is 16.9 Å². The highest BCUT2D eigenvalue weighted by molar-refractivity contribution is 6.33. The van der Waals surface area contributed by atoms with E-state index in [0.717, 1.165) is 19.0 Å². The minimum Gasteiger partial charge on any atom is -0.302 e. The van der Waals surface area contributed by atoms with E-state index in [2.05, 4.69) is 44.3 Å². The van der Waals surface area contributed by atoms with E-state index in [1.54, 1.807) is 0 Å². The average Bonchev–Trinajstić information content (AvgIpc) is 2.31. The van der Waals surface area contributed by atoms with Crippen LogP contribution in [0.25, 0.3) is 0 Å². The molecule has 0 radical (unpaired) electrons. The third-order valence-electron chi connectivity index (χ3n) is 2.18. The minimum absolute atomic E-state index is 0.180. The van der Waals surface area contributed by atoms with E-state index in [1.165, 1.54) is 17.8 Å². The fourth-order valence-electron chi connectivity index (χ4n) is 1.67. The van der Waals surface area contributed by atoms with Gasteiger partial charge in [-0.25, -0.2) is 4.98 Å². The first-order valence-corrected chi connectivity index (χ1v) is 7.11. The third kappa shape index (κ3) is 9.08. The molecule has 0 unspecified atom stereocenters. The molecule has 0 aliphatic rings. The van der Waals surface area contributed by atoms with E-state index in [9.17, 15) is 4.79 Å². The van der Waals surface area contributed by atoms with Gasteiger partial charge in [0.05, 0.1) is 10.6 Å². The van der Waals surface area contributed by atoms with Crippen molar-refractivity contribution >= 4 is 29.5 Å². The summed E-state index contributed by atoms with van der Waals surface area (Å²) in [5.41, 5.74) is 1.55. The van der Waals surface area contributed by atoms with Gasteiger partial charge in [-0.15, -0.1) is 0 Å². The molecule has 0 aromatic carbocycles. The second-order valence-electron chi connectivity index (χ2n) is 5.20. The summed E-state index contributed by atoms with van der Waals surface area (Å²) in [6, 6.07) is 1.46. The first-order chi connectivity index (χ1) is 9.26. The molecule has 0 amide bonds. The van der Waals surface area contributed by atoms with Crippen molar-refractivity contribution in [3.63, 3.8) is 0 Å². The van der Waals surface area contributed by atoms with Gasteiger partial charge in [0, 0.05) is 19.3 Å². The number of nitrogens with zero attached hydrogens (tertiary/aromatic N) is 2. The molecule has 3 nitrogen and oxygen atoms in total. The Labute approximate surface area is 131 Å². The molecule has 0 aliphatic heterocycles. The zero-order valence-corrected chi connectivity index (χ0v) is 14.0. The molecule has 1 aromatic rings. The molecule has 0 aliphatic carbocycles. The number of rotatable bonds is 5. The van der Waals surface area contributed by atoms with Crippen molar-refractivity contribution in [1.29, 1.82) is 0 Å². The Balaban J connectivity index is 0.000000361. The quantitative estimate of drug-likeness (QED) is 0.460. The number of aldehydes is 1. The van der Waals surface area contributed by atoms with Gasteiger partial charge in [-0.1, -0.05) is 49.2 Å². The van der Waals surface area contributed by atoms with Gasteiger partial charge in [0.25, 0.3) is 0 Å². The van der Waals surface area contributed by atoms with E-state index < -0.39 is 0 Å². The molecule has 5 heteroatoms. The number of carbonyl (C=O) groups excluding carboxylic acids is 1. The topological polar surface area (TPSA) is 33.2 Å². The minimum atomic E-state index is 0.180. The summed E-state index contributed by atoms with van der Waals surface area (Å²) < 4.78 is 0. The summed E-state index contributed by atoms with van der Waals surface area (Å²) in [5.74, 6) is 0.754. The number of carbonyl (C=O) groups is 1. The molecule has 0 bridgehead atoms. The maximum absolute atomic E-state index is 10.2. The Hall–Kier alpha value is -0.900. The van der Waals surface area contributed by atoms with Gasteiger partial charge in [0.15, 0.2) is 6.29 Å². The summed E-state index contributed by atoms with van der Waals surface area (Å²) in [6.07, 6.45) is 2.00. The van der Waals surface area contributed by atoms with Gasteiger partial charge < -0.3 is 4.90 Å². The molecule has 1 heterocycles. The number of halogens is 2. The highest BCUT2D eigenvalue weighted by Gasteiger charge is 2.00. The van der Waals surface area contributed by atoms with Crippen LogP contribution in [-0.4, -0.2) is 36.3 Å². The Kier molecular flexibility index (Phi) is 9.47. The van der Waals surface area contributed by atoms with Crippen molar-refractivity contribution in [2.24, 2.45) is 5.92 Å². The Morgan fingerprint density at radius 3 is 2.50 bits per heavy atom. The summed E-state index contributed by atoms with van der Waals surface area (Å²) in [4.78, 5) is 16.1. The fraction of sp³-hybridized carbons (Fsp3) is 0.467. The number of aromatic nitrogens is 1. The second kappa shape index (κ2) is 9.92. The number of hydrogen-bond donors (Lipinski definition) is 0. The molecule has 20 heavy (non-hydrogen) atoms. The summed E-state index contributed by atoms with van der Waals surface area (Å²) in [6.45, 7) is 12.6. The van der Waals surface area contributed by atoms with Crippen LogP contribution in [-0.2, 0) is 0 Å². The van der Waals surface area contributed by atoms with Gasteiger partial charge in [0.2, 0.25) is 0 Å². The lowest BCUT2D eigenvalue weighted by Gasteiger charge is -2.18. The Morgan fingerprint density at radius 1 is 1.50 bits per heavy atom. The normalized spacial score (nSPS) is 10.2. The molecule has 0 saturated heterocycles. The number of likely N-dealkylation sites (N-methyl/N-ethyl adjacent to an activating group) is 1. The van der Waals surface area contributed by atoms with Crippen molar-refractivity contribution < 1.29 is 4.79 Å². The van der Waals surface area contributed by atoms with Crippen LogP contribution in [0.15, 0.2) is 24.4 Å². The van der Waals surface area contributed by atoms with E-state index >= 15 is 0 Å². The molecular weight excluding hydrogens is 295 g/mol. The lowest BCUT2D eigenvalue weighted by atomic mass is 10.2. The number of hydrogen-bond acceptors (Lipinski definition) is 3. The lowest BCUT2D eigenvalue weighted by molar-refractivity contribution is 0.112. The van der Waals surface area contributed by atoms with Crippen molar-refractivity contribution in [2.45, 2.75) is 20.8 Å². The smallest absolute Gasteiger partial charge is 0.153 e.